The van der Waals surface area contributed by atoms with E-state index < -0.39 is 0 Å². The first-order chi connectivity index (χ1) is 8.11. The minimum atomic E-state index is 0.126. The van der Waals surface area contributed by atoms with Gasteiger partial charge in [0.1, 0.15) is 5.82 Å². The molecule has 1 rings (SSSR count). The Bertz CT molecular complexity index is 323. The molecule has 0 aliphatic heterocycles. The Morgan fingerprint density at radius 1 is 1.24 bits per heavy atom. The Kier molecular flexibility index (Phi) is 5.52. The first-order valence-electron chi connectivity index (χ1n) is 6.18. The fourth-order valence-corrected chi connectivity index (χ4v) is 1.65. The van der Waals surface area contributed by atoms with Gasteiger partial charge in [0.05, 0.1) is 6.10 Å². The first-order valence-corrected chi connectivity index (χ1v) is 6.18. The van der Waals surface area contributed by atoms with Gasteiger partial charge in [0, 0.05) is 6.07 Å². The van der Waals surface area contributed by atoms with E-state index in [1.54, 1.807) is 6.07 Å². The van der Waals surface area contributed by atoms with E-state index in [0.29, 0.717) is 11.7 Å². The predicted molar refractivity (Wildman–Crippen MR) is 69.7 cm³/mol. The van der Waals surface area contributed by atoms with E-state index in [4.69, 9.17) is 16.2 Å². The van der Waals surface area contributed by atoms with E-state index in [1.165, 1.54) is 25.7 Å². The molecule has 1 atom stereocenters. The number of rotatable bonds is 7. The van der Waals surface area contributed by atoms with Gasteiger partial charge in [0.25, 0.3) is 0 Å². The third-order valence-corrected chi connectivity index (χ3v) is 2.53. The quantitative estimate of drug-likeness (QED) is 0.712. The molecule has 1 aromatic heterocycles. The number of ether oxygens (including phenoxy) is 1. The fraction of sp³-hybridized carbons (Fsp3) is 0.667. The highest BCUT2D eigenvalue weighted by Crippen LogP contribution is 2.16. The Balaban J connectivity index is 2.36. The summed E-state index contributed by atoms with van der Waals surface area (Å²) in [6, 6.07) is 1.60. The SMILES string of the molecule is CCCCCCC(C)Oc1cc(N)nc(N)n1. The molecule has 0 saturated carbocycles. The summed E-state index contributed by atoms with van der Waals surface area (Å²) in [5.41, 5.74) is 11.1. The predicted octanol–water partition coefficient (Wildman–Crippen LogP) is 2.38. The van der Waals surface area contributed by atoms with Crippen LogP contribution in [0.25, 0.3) is 0 Å². The molecule has 0 bridgehead atoms. The third-order valence-electron chi connectivity index (χ3n) is 2.53. The molecule has 1 unspecified atom stereocenters. The van der Waals surface area contributed by atoms with Gasteiger partial charge < -0.3 is 16.2 Å². The summed E-state index contributed by atoms with van der Waals surface area (Å²) in [4.78, 5) is 7.78. The van der Waals surface area contributed by atoms with E-state index in [2.05, 4.69) is 16.9 Å². The smallest absolute Gasteiger partial charge is 0.225 e. The molecule has 5 nitrogen and oxygen atoms in total. The van der Waals surface area contributed by atoms with Gasteiger partial charge in [0.15, 0.2) is 0 Å². The van der Waals surface area contributed by atoms with Crippen LogP contribution >= 0.6 is 0 Å². The van der Waals surface area contributed by atoms with E-state index in [1.807, 2.05) is 6.92 Å². The normalized spacial score (nSPS) is 12.4. The maximum absolute atomic E-state index is 5.65. The number of nitrogen functional groups attached to an aromatic ring is 2. The second-order valence-electron chi connectivity index (χ2n) is 4.27. The fourth-order valence-electron chi connectivity index (χ4n) is 1.65. The summed E-state index contributed by atoms with van der Waals surface area (Å²) in [5.74, 6) is 0.946. The van der Waals surface area contributed by atoms with Crippen LogP contribution in [0.15, 0.2) is 6.07 Å². The number of aromatic nitrogens is 2. The molecule has 0 aromatic carbocycles. The Hall–Kier alpha value is -1.52. The molecule has 1 heterocycles. The molecule has 4 N–H and O–H groups in total. The van der Waals surface area contributed by atoms with Gasteiger partial charge in [-0.2, -0.15) is 9.97 Å². The van der Waals surface area contributed by atoms with Crippen molar-refractivity contribution < 1.29 is 4.74 Å². The lowest BCUT2D eigenvalue weighted by Gasteiger charge is -2.13. The number of anilines is 2. The van der Waals surface area contributed by atoms with Crippen molar-refractivity contribution in [3.8, 4) is 5.88 Å². The molecule has 1 aromatic rings. The Labute approximate surface area is 103 Å². The lowest BCUT2D eigenvalue weighted by Crippen LogP contribution is -2.13. The zero-order valence-corrected chi connectivity index (χ0v) is 10.6. The minimum Gasteiger partial charge on any atom is -0.474 e. The zero-order valence-electron chi connectivity index (χ0n) is 10.6. The van der Waals surface area contributed by atoms with Gasteiger partial charge in [-0.05, 0) is 19.8 Å². The molecule has 0 amide bonds. The minimum absolute atomic E-state index is 0.126. The molecule has 96 valence electrons. The summed E-state index contributed by atoms with van der Waals surface area (Å²) >= 11 is 0. The molecular weight excluding hydrogens is 216 g/mol. The van der Waals surface area contributed by atoms with Crippen molar-refractivity contribution in [2.24, 2.45) is 0 Å². The van der Waals surface area contributed by atoms with Crippen molar-refractivity contribution in [3.05, 3.63) is 6.07 Å². The number of nitrogens with zero attached hydrogens (tertiary/aromatic N) is 2. The van der Waals surface area contributed by atoms with Crippen LogP contribution in [0.5, 0.6) is 5.88 Å². The van der Waals surface area contributed by atoms with Gasteiger partial charge in [-0.25, -0.2) is 0 Å². The van der Waals surface area contributed by atoms with Crippen LogP contribution in [-0.4, -0.2) is 16.1 Å². The van der Waals surface area contributed by atoms with Crippen molar-refractivity contribution in [2.75, 3.05) is 11.5 Å². The molecule has 17 heavy (non-hydrogen) atoms. The highest BCUT2D eigenvalue weighted by atomic mass is 16.5. The number of hydrogen-bond donors (Lipinski definition) is 2. The van der Waals surface area contributed by atoms with Crippen LogP contribution in [0.2, 0.25) is 0 Å². The lowest BCUT2D eigenvalue weighted by atomic mass is 10.1. The third kappa shape index (κ3) is 5.38. The van der Waals surface area contributed by atoms with Gasteiger partial charge in [0.2, 0.25) is 11.8 Å². The van der Waals surface area contributed by atoms with Crippen LogP contribution in [-0.2, 0) is 0 Å². The summed E-state index contributed by atoms with van der Waals surface area (Å²) in [6.45, 7) is 4.23. The summed E-state index contributed by atoms with van der Waals surface area (Å²) < 4.78 is 5.65. The maximum atomic E-state index is 5.65. The van der Waals surface area contributed by atoms with Crippen molar-refractivity contribution in [1.29, 1.82) is 0 Å². The van der Waals surface area contributed by atoms with Gasteiger partial charge >= 0.3 is 0 Å². The van der Waals surface area contributed by atoms with Gasteiger partial charge in [-0.15, -0.1) is 0 Å². The van der Waals surface area contributed by atoms with Crippen molar-refractivity contribution in [3.63, 3.8) is 0 Å². The van der Waals surface area contributed by atoms with Crippen LogP contribution in [0.4, 0.5) is 11.8 Å². The Morgan fingerprint density at radius 2 is 2.00 bits per heavy atom. The van der Waals surface area contributed by atoms with Crippen molar-refractivity contribution in [1.82, 2.24) is 9.97 Å². The second kappa shape index (κ2) is 6.93. The van der Waals surface area contributed by atoms with Crippen LogP contribution < -0.4 is 16.2 Å². The van der Waals surface area contributed by atoms with Crippen molar-refractivity contribution in [2.45, 2.75) is 52.1 Å². The molecule has 0 saturated heterocycles. The molecule has 0 aliphatic rings. The topological polar surface area (TPSA) is 87.0 Å². The molecular formula is C12H22N4O. The van der Waals surface area contributed by atoms with Crippen LogP contribution in [0.3, 0.4) is 0 Å². The number of unbranched alkanes of at least 4 members (excludes halogenated alkanes) is 3. The standard InChI is InChI=1S/C12H22N4O/c1-3-4-5-6-7-9(2)17-11-8-10(13)15-12(14)16-11/h8-9H,3-7H2,1-2H3,(H4,13,14,15,16). The zero-order chi connectivity index (χ0) is 12.7. The highest BCUT2D eigenvalue weighted by Gasteiger charge is 2.06. The van der Waals surface area contributed by atoms with Crippen LogP contribution in [0.1, 0.15) is 46.0 Å². The largest absolute Gasteiger partial charge is 0.474 e. The van der Waals surface area contributed by atoms with E-state index in [9.17, 15) is 0 Å². The highest BCUT2D eigenvalue weighted by molar-refractivity contribution is 5.38. The van der Waals surface area contributed by atoms with Crippen LogP contribution in [0, 0.1) is 0 Å². The summed E-state index contributed by atoms with van der Waals surface area (Å²) in [5, 5.41) is 0. The number of hydrogen-bond acceptors (Lipinski definition) is 5. The maximum Gasteiger partial charge on any atom is 0.225 e. The number of nitrogens with two attached hydrogens (primary N) is 2. The first kappa shape index (κ1) is 13.5. The van der Waals surface area contributed by atoms with Gasteiger partial charge in [-0.3, -0.25) is 0 Å². The molecule has 0 spiro atoms. The van der Waals surface area contributed by atoms with Crippen molar-refractivity contribution >= 4 is 11.8 Å². The second-order valence-corrected chi connectivity index (χ2v) is 4.27. The molecule has 0 fully saturated rings. The summed E-state index contributed by atoms with van der Waals surface area (Å²) in [6.07, 6.45) is 6.09. The van der Waals surface area contributed by atoms with E-state index >= 15 is 0 Å². The molecule has 0 aliphatic carbocycles. The molecule has 5 heteroatoms. The van der Waals surface area contributed by atoms with E-state index in [-0.39, 0.29) is 12.1 Å². The van der Waals surface area contributed by atoms with E-state index in [0.717, 1.165) is 6.42 Å². The average molecular weight is 238 g/mol. The Morgan fingerprint density at radius 3 is 2.65 bits per heavy atom. The molecule has 0 radical (unpaired) electrons. The average Bonchev–Trinajstić information content (AvgIpc) is 2.23. The monoisotopic (exact) mass is 238 g/mol. The summed E-state index contributed by atoms with van der Waals surface area (Å²) in [7, 11) is 0. The van der Waals surface area contributed by atoms with Gasteiger partial charge in [-0.1, -0.05) is 26.2 Å². The lowest BCUT2D eigenvalue weighted by molar-refractivity contribution is 0.198.